The number of quaternary nitrogens is 1. The lowest BCUT2D eigenvalue weighted by Crippen LogP contribution is -2.49. The normalized spacial score (nSPS) is 16.0. The number of nitrogens with zero attached hydrogens (tertiary/aromatic N) is 4. The first-order chi connectivity index (χ1) is 22.9. The molecule has 0 spiro atoms. The van der Waals surface area contributed by atoms with Crippen LogP contribution in [0.25, 0.3) is 16.9 Å². The minimum absolute atomic E-state index is 0.0414. The molecule has 1 aliphatic rings. The van der Waals surface area contributed by atoms with E-state index in [4.69, 9.17) is 14.6 Å². The first-order valence-corrected chi connectivity index (χ1v) is 15.6. The highest BCUT2D eigenvalue weighted by molar-refractivity contribution is 5.96. The number of benzene rings is 2. The predicted octanol–water partition coefficient (Wildman–Crippen LogP) is 3.22. The van der Waals surface area contributed by atoms with Crippen LogP contribution in [0.2, 0.25) is 0 Å². The van der Waals surface area contributed by atoms with Crippen molar-refractivity contribution in [2.24, 2.45) is 0 Å². The Morgan fingerprint density at radius 1 is 1.04 bits per heavy atom. The van der Waals surface area contributed by atoms with Gasteiger partial charge in [0.1, 0.15) is 0 Å². The molecular formula is C34H41F2N7O5. The van der Waals surface area contributed by atoms with E-state index in [1.807, 2.05) is 40.2 Å². The largest absolute Gasteiger partial charge is 0.554 e. The summed E-state index contributed by atoms with van der Waals surface area (Å²) in [5.41, 5.74) is 3.00. The summed E-state index contributed by atoms with van der Waals surface area (Å²) in [5, 5.41) is 17.8. The molecule has 0 radical (unpaired) electrons. The highest BCUT2D eigenvalue weighted by Crippen LogP contribution is 2.32. The molecule has 5 rings (SSSR count). The summed E-state index contributed by atoms with van der Waals surface area (Å²) >= 11 is 0. The minimum atomic E-state index is -1.07. The van der Waals surface area contributed by atoms with Crippen LogP contribution in [0.15, 0.2) is 48.9 Å². The quantitative estimate of drug-likeness (QED) is 0.173. The number of carbonyl (C=O) groups is 3. The first-order valence-electron chi connectivity index (χ1n) is 15.6. The number of likely N-dealkylation sites (N-methyl/N-ethyl adjacent to an activating group) is 1. The maximum Gasteiger partial charge on any atom is 0.275 e. The van der Waals surface area contributed by atoms with Crippen molar-refractivity contribution in [1.82, 2.24) is 25.0 Å². The highest BCUT2D eigenvalue weighted by Gasteiger charge is 2.26. The lowest BCUT2D eigenvalue weighted by Gasteiger charge is -2.31. The van der Waals surface area contributed by atoms with Crippen LogP contribution in [0.4, 0.5) is 20.3 Å². The van der Waals surface area contributed by atoms with Gasteiger partial charge in [0.05, 0.1) is 40.1 Å². The molecule has 2 aromatic heterocycles. The van der Waals surface area contributed by atoms with Gasteiger partial charge in [0.25, 0.3) is 11.8 Å². The van der Waals surface area contributed by atoms with E-state index < -0.39 is 18.1 Å². The number of carbonyl (C=O) groups excluding carboxylic acids is 3. The number of nitrogens with one attached hydrogen (secondary N) is 3. The molecule has 0 saturated heterocycles. The first kappa shape index (κ1) is 35.7. The van der Waals surface area contributed by atoms with Crippen molar-refractivity contribution in [2.75, 3.05) is 40.1 Å². The number of hydrogen-bond acceptors (Lipinski definition) is 8. The van der Waals surface area contributed by atoms with Gasteiger partial charge in [-0.25, -0.2) is 14.4 Å². The number of imidazole rings is 1. The van der Waals surface area contributed by atoms with Crippen LogP contribution in [-0.2, 0) is 16.0 Å². The number of anilines is 2. The van der Waals surface area contributed by atoms with Crippen molar-refractivity contribution in [3.8, 4) is 17.0 Å². The molecule has 1 aliphatic carbocycles. The van der Waals surface area contributed by atoms with Gasteiger partial charge < -0.3 is 35.1 Å². The number of aromatic nitrogens is 3. The third kappa shape index (κ3) is 8.62. The van der Waals surface area contributed by atoms with Crippen LogP contribution in [-0.4, -0.2) is 84.0 Å². The number of ether oxygens (including phenoxy) is 1. The zero-order chi connectivity index (χ0) is 35.0. The van der Waals surface area contributed by atoms with E-state index in [-0.39, 0.29) is 35.2 Å². The van der Waals surface area contributed by atoms with Gasteiger partial charge in [0.15, 0.2) is 29.6 Å². The summed E-state index contributed by atoms with van der Waals surface area (Å²) in [6.07, 6.45) is 8.53. The van der Waals surface area contributed by atoms with Crippen LogP contribution in [0, 0.1) is 11.6 Å². The van der Waals surface area contributed by atoms with Crippen molar-refractivity contribution in [3.63, 3.8) is 0 Å². The third-order valence-electron chi connectivity index (χ3n) is 8.01. The van der Waals surface area contributed by atoms with Crippen molar-refractivity contribution < 1.29 is 37.5 Å². The molecule has 0 bridgehead atoms. The lowest BCUT2D eigenvalue weighted by atomic mass is 9.90. The van der Waals surface area contributed by atoms with E-state index in [9.17, 15) is 18.4 Å². The number of rotatable bonds is 10. The average Bonchev–Trinajstić information content (AvgIpc) is 3.47. The maximum atomic E-state index is 14.9. The third-order valence-corrected chi connectivity index (χ3v) is 8.01. The molecule has 256 valence electrons. The molecule has 1 saturated carbocycles. The maximum absolute atomic E-state index is 14.9. The van der Waals surface area contributed by atoms with Crippen LogP contribution >= 0.6 is 0 Å². The Hall–Kier alpha value is -5.11. The van der Waals surface area contributed by atoms with Crippen molar-refractivity contribution in [3.05, 3.63) is 71.7 Å². The summed E-state index contributed by atoms with van der Waals surface area (Å²) in [5.74, 6) is -1.93. The molecule has 0 unspecified atom stereocenters. The summed E-state index contributed by atoms with van der Waals surface area (Å²) in [4.78, 5) is 42.7. The van der Waals surface area contributed by atoms with Gasteiger partial charge in [0, 0.05) is 47.8 Å². The highest BCUT2D eigenvalue weighted by atomic mass is 19.2. The number of hydrogen-bond donors (Lipinski definition) is 3. The fraction of sp³-hybridized carbons (Fsp3) is 0.382. The van der Waals surface area contributed by atoms with Gasteiger partial charge in [-0.3, -0.25) is 14.0 Å². The smallest absolute Gasteiger partial charge is 0.275 e. The van der Waals surface area contributed by atoms with E-state index in [1.165, 1.54) is 25.4 Å². The minimum Gasteiger partial charge on any atom is -0.554 e. The Balaban J connectivity index is 0.00000167. The summed E-state index contributed by atoms with van der Waals surface area (Å²) in [6, 6.07) is 8.50. The molecular weight excluding hydrogens is 624 g/mol. The molecule has 3 N–H and O–H groups in total. The molecule has 2 heterocycles. The second-order valence-corrected chi connectivity index (χ2v) is 12.5. The average molecular weight is 666 g/mol. The van der Waals surface area contributed by atoms with Crippen LogP contribution < -0.4 is 25.8 Å². The summed E-state index contributed by atoms with van der Waals surface area (Å²) < 4.78 is 36.4. The predicted molar refractivity (Wildman–Crippen MR) is 175 cm³/mol. The van der Waals surface area contributed by atoms with E-state index in [2.05, 4.69) is 25.9 Å². The zero-order valence-electron chi connectivity index (χ0n) is 27.7. The number of carboxylic acid groups (broad SMARTS) is 1. The topological polar surface area (TPSA) is 150 Å². The second kappa shape index (κ2) is 15.7. The van der Waals surface area contributed by atoms with Gasteiger partial charge >= 0.3 is 0 Å². The molecule has 0 aliphatic heterocycles. The Morgan fingerprint density at radius 2 is 1.71 bits per heavy atom. The van der Waals surface area contributed by atoms with E-state index in [1.54, 1.807) is 22.9 Å². The molecule has 1 fully saturated rings. The van der Waals surface area contributed by atoms with Crippen LogP contribution in [0.5, 0.6) is 5.75 Å². The Labute approximate surface area is 277 Å². The van der Waals surface area contributed by atoms with Gasteiger partial charge in [-0.2, -0.15) is 4.39 Å². The fourth-order valence-corrected chi connectivity index (χ4v) is 5.77. The molecule has 48 heavy (non-hydrogen) atoms. The van der Waals surface area contributed by atoms with Crippen molar-refractivity contribution >= 4 is 35.4 Å². The molecule has 2 amide bonds. The van der Waals surface area contributed by atoms with Crippen LogP contribution in [0.1, 0.15) is 48.5 Å². The summed E-state index contributed by atoms with van der Waals surface area (Å²) in [7, 11) is 7.25. The van der Waals surface area contributed by atoms with E-state index in [0.29, 0.717) is 45.9 Å². The Morgan fingerprint density at radius 3 is 2.33 bits per heavy atom. The van der Waals surface area contributed by atoms with Gasteiger partial charge in [0.2, 0.25) is 5.82 Å². The van der Waals surface area contributed by atoms with Gasteiger partial charge in [-0.15, -0.1) is 0 Å². The molecule has 14 heteroatoms. The zero-order valence-corrected chi connectivity index (χ0v) is 27.7. The Bertz CT molecular complexity index is 1760. The van der Waals surface area contributed by atoms with Gasteiger partial charge in [-0.1, -0.05) is 6.92 Å². The molecule has 4 aromatic rings. The van der Waals surface area contributed by atoms with Crippen molar-refractivity contribution in [1.29, 1.82) is 0 Å². The lowest BCUT2D eigenvalue weighted by molar-refractivity contribution is -0.862. The van der Waals surface area contributed by atoms with E-state index >= 15 is 0 Å². The standard InChI is InChI=1S/C33H39F2N7O3.CH2O2/c1-6-20-17-23(11-12-24(20)33(44)40-22-9-7-21(8-10-22)38-28(43)19-42(2,3)4)39-31-32-37-18-26(41(32)16-15-36-31)25-13-14-27(45-5)30(35)29(25)34;2-1-3/h11-18,21-22H,6-10,19H2,1-5H3,(H2-,36,38,39,40,43,44);1H,(H,2,3)/t21-,22-;. The monoisotopic (exact) mass is 665 g/mol. The SMILES string of the molecule is CCc1cc(Nc2nccn3c(-c4ccc(OC)c(F)c4F)cnc23)ccc1C(=O)N[C@H]1CC[C@H](NC(=O)C[N+](C)(C)C)CC1.O=C[O-]. The van der Waals surface area contributed by atoms with E-state index in [0.717, 1.165) is 31.2 Å². The summed E-state index contributed by atoms with van der Waals surface area (Å²) in [6.45, 7) is 1.92. The number of methoxy groups -OCH3 is 1. The molecule has 12 nitrogen and oxygen atoms in total. The number of amides is 2. The molecule has 0 atom stereocenters. The number of halogens is 2. The van der Waals surface area contributed by atoms with Gasteiger partial charge in [-0.05, 0) is 68.0 Å². The molecule has 2 aromatic carbocycles. The number of fused-ring (bicyclic) bond motifs is 1. The Kier molecular flexibility index (Phi) is 11.7. The van der Waals surface area contributed by atoms with Crippen LogP contribution in [0.3, 0.4) is 0 Å². The fourth-order valence-electron chi connectivity index (χ4n) is 5.77. The van der Waals surface area contributed by atoms with Crippen molar-refractivity contribution in [2.45, 2.75) is 51.1 Å². The second-order valence-electron chi connectivity index (χ2n) is 12.5. The number of aryl methyl sites for hydroxylation is 1.